The summed E-state index contributed by atoms with van der Waals surface area (Å²) in [6.07, 6.45) is 1.57. The van der Waals surface area contributed by atoms with Gasteiger partial charge in [0.15, 0.2) is 11.5 Å². The third-order valence-corrected chi connectivity index (χ3v) is 5.82. The lowest BCUT2D eigenvalue weighted by Crippen LogP contribution is -2.39. The smallest absolute Gasteiger partial charge is 0.282 e. The summed E-state index contributed by atoms with van der Waals surface area (Å²) in [4.78, 5) is 26.3. The molecule has 1 aliphatic heterocycles. The third-order valence-electron chi connectivity index (χ3n) is 5.82. The zero-order valence-electron chi connectivity index (χ0n) is 18.9. The van der Waals surface area contributed by atoms with E-state index in [1.54, 1.807) is 4.90 Å². The van der Waals surface area contributed by atoms with Gasteiger partial charge in [-0.2, -0.15) is 4.98 Å². The minimum Gasteiger partial charge on any atom is -0.410 e. The van der Waals surface area contributed by atoms with Crippen molar-refractivity contribution in [1.29, 1.82) is 0 Å². The highest BCUT2D eigenvalue weighted by molar-refractivity contribution is 6.54. The molecular weight excluding hydrogens is 378 g/mol. The second kappa shape index (κ2) is 8.42. The molecule has 0 fully saturated rings. The van der Waals surface area contributed by atoms with Gasteiger partial charge in [0.1, 0.15) is 0 Å². The monoisotopic (exact) mass is 409 g/mol. The molecule has 2 aromatic rings. The predicted octanol–water partition coefficient (Wildman–Crippen LogP) is 4.58. The molecule has 1 N–H and O–H groups in total. The van der Waals surface area contributed by atoms with Gasteiger partial charge in [-0.1, -0.05) is 36.7 Å². The van der Waals surface area contributed by atoms with Gasteiger partial charge in [-0.05, 0) is 58.6 Å². The van der Waals surface area contributed by atoms with Gasteiger partial charge in [0.2, 0.25) is 5.95 Å². The number of oxime groups is 1. The van der Waals surface area contributed by atoms with E-state index in [4.69, 9.17) is 9.97 Å². The average Bonchev–Trinajstić information content (AvgIpc) is 2.97. The molecule has 1 amide bonds. The molecule has 0 saturated carbocycles. The summed E-state index contributed by atoms with van der Waals surface area (Å²) >= 11 is 0. The molecule has 1 aromatic heterocycles. The van der Waals surface area contributed by atoms with Crippen LogP contribution in [0.3, 0.4) is 0 Å². The number of anilines is 3. The normalized spacial score (nSPS) is 14.7. The van der Waals surface area contributed by atoms with E-state index >= 15 is 0 Å². The predicted molar refractivity (Wildman–Crippen MR) is 120 cm³/mol. The van der Waals surface area contributed by atoms with Crippen molar-refractivity contribution >= 4 is 29.1 Å². The van der Waals surface area contributed by atoms with Crippen molar-refractivity contribution in [3.63, 3.8) is 0 Å². The molecule has 0 unspecified atom stereocenters. The summed E-state index contributed by atoms with van der Waals surface area (Å²) in [7, 11) is 0. The van der Waals surface area contributed by atoms with Gasteiger partial charge < -0.3 is 10.1 Å². The number of hydrogen-bond donors (Lipinski definition) is 1. The number of aryl methyl sites for hydroxylation is 4. The molecule has 3 rings (SSSR count). The Labute approximate surface area is 178 Å². The van der Waals surface area contributed by atoms with Crippen molar-refractivity contribution in [2.24, 2.45) is 5.16 Å². The quantitative estimate of drug-likeness (QED) is 0.558. The molecule has 1 aliphatic rings. The molecule has 0 bridgehead atoms. The Bertz CT molecular complexity index is 988. The minimum atomic E-state index is -0.318. The molecule has 160 valence electrons. The maximum Gasteiger partial charge on any atom is 0.282 e. The second-order valence-corrected chi connectivity index (χ2v) is 7.89. The first kappa shape index (κ1) is 21.7. The Hall–Kier alpha value is -2.96. The lowest BCUT2D eigenvalue weighted by molar-refractivity contribution is -0.112. The van der Waals surface area contributed by atoms with Crippen molar-refractivity contribution in [2.75, 3.05) is 16.3 Å². The molecule has 1 aromatic carbocycles. The van der Waals surface area contributed by atoms with Crippen molar-refractivity contribution in [3.05, 3.63) is 40.1 Å². The summed E-state index contributed by atoms with van der Waals surface area (Å²) in [6, 6.07) is 4.29. The summed E-state index contributed by atoms with van der Waals surface area (Å²) in [5.74, 6) is 0.762. The fourth-order valence-electron chi connectivity index (χ4n) is 4.52. The van der Waals surface area contributed by atoms with Gasteiger partial charge in [0.25, 0.3) is 5.91 Å². The molecule has 2 heterocycles. The van der Waals surface area contributed by atoms with Crippen LogP contribution in [0.15, 0.2) is 17.3 Å². The highest BCUT2D eigenvalue weighted by Crippen LogP contribution is 2.37. The highest BCUT2D eigenvalue weighted by Gasteiger charge is 2.41. The molecule has 0 saturated heterocycles. The van der Waals surface area contributed by atoms with E-state index in [-0.39, 0.29) is 17.7 Å². The van der Waals surface area contributed by atoms with Crippen LogP contribution in [-0.4, -0.2) is 39.4 Å². The van der Waals surface area contributed by atoms with Crippen LogP contribution in [0.5, 0.6) is 0 Å². The number of benzene rings is 1. The molecule has 30 heavy (non-hydrogen) atoms. The Morgan fingerprint density at radius 1 is 1.07 bits per heavy atom. The maximum absolute atomic E-state index is 13.0. The number of rotatable bonds is 6. The molecule has 7 heteroatoms. The van der Waals surface area contributed by atoms with Crippen molar-refractivity contribution in [3.8, 4) is 0 Å². The van der Waals surface area contributed by atoms with Crippen LogP contribution >= 0.6 is 0 Å². The fraction of sp³-hybridized carbons (Fsp3) is 0.478. The van der Waals surface area contributed by atoms with Gasteiger partial charge in [-0.15, -0.1) is 0 Å². The first-order chi connectivity index (χ1) is 14.3. The lowest BCUT2D eigenvalue weighted by Gasteiger charge is -2.28. The number of carbonyl (C=O) groups is 1. The minimum absolute atomic E-state index is 0.0180. The first-order valence-electron chi connectivity index (χ1n) is 10.6. The van der Waals surface area contributed by atoms with Crippen LogP contribution in [-0.2, 0) is 4.79 Å². The van der Waals surface area contributed by atoms with E-state index in [0.29, 0.717) is 29.6 Å². The van der Waals surface area contributed by atoms with Gasteiger partial charge >= 0.3 is 0 Å². The summed E-state index contributed by atoms with van der Waals surface area (Å²) < 4.78 is 0. The van der Waals surface area contributed by atoms with E-state index in [2.05, 4.69) is 49.9 Å². The SMILES string of the molecule is CCC(CC)N1C(=O)C(=NO)c2c(C)nc(N(CC)c3c(C)cc(C)cc3C)nc21. The second-order valence-electron chi connectivity index (χ2n) is 7.89. The number of aromatic nitrogens is 2. The number of nitrogens with zero attached hydrogens (tertiary/aromatic N) is 5. The van der Waals surface area contributed by atoms with E-state index in [0.717, 1.165) is 29.7 Å². The number of fused-ring (bicyclic) bond motifs is 1. The molecule has 0 atom stereocenters. The first-order valence-corrected chi connectivity index (χ1v) is 10.6. The zero-order chi connectivity index (χ0) is 22.2. The highest BCUT2D eigenvalue weighted by atomic mass is 16.4. The summed E-state index contributed by atoms with van der Waals surface area (Å²) in [6.45, 7) is 14.9. The Morgan fingerprint density at radius 2 is 1.67 bits per heavy atom. The molecule has 0 radical (unpaired) electrons. The summed E-state index contributed by atoms with van der Waals surface area (Å²) in [5.41, 5.74) is 5.77. The van der Waals surface area contributed by atoms with Crippen LogP contribution in [0.1, 0.15) is 61.6 Å². The number of carbonyl (C=O) groups excluding carboxylic acids is 1. The van der Waals surface area contributed by atoms with Gasteiger partial charge in [-0.25, -0.2) is 4.98 Å². The van der Waals surface area contributed by atoms with Crippen LogP contribution < -0.4 is 9.80 Å². The van der Waals surface area contributed by atoms with Crippen LogP contribution in [0, 0.1) is 27.7 Å². The lowest BCUT2D eigenvalue weighted by atomic mass is 10.0. The van der Waals surface area contributed by atoms with Gasteiger partial charge in [0.05, 0.1) is 11.3 Å². The van der Waals surface area contributed by atoms with Crippen LogP contribution in [0.25, 0.3) is 0 Å². The Morgan fingerprint density at radius 3 is 2.17 bits per heavy atom. The molecule has 0 spiro atoms. The molecule has 7 nitrogen and oxygen atoms in total. The van der Waals surface area contributed by atoms with E-state index in [9.17, 15) is 10.0 Å². The van der Waals surface area contributed by atoms with Crippen molar-refractivity contribution in [2.45, 2.75) is 67.3 Å². The van der Waals surface area contributed by atoms with E-state index in [1.165, 1.54) is 5.56 Å². The van der Waals surface area contributed by atoms with Crippen LogP contribution in [0.2, 0.25) is 0 Å². The summed E-state index contributed by atoms with van der Waals surface area (Å²) in [5, 5.41) is 12.8. The van der Waals surface area contributed by atoms with Crippen molar-refractivity contribution in [1.82, 2.24) is 9.97 Å². The number of amides is 1. The molecule has 0 aliphatic carbocycles. The zero-order valence-corrected chi connectivity index (χ0v) is 18.9. The Balaban J connectivity index is 2.23. The average molecular weight is 410 g/mol. The van der Waals surface area contributed by atoms with Gasteiger partial charge in [-0.3, -0.25) is 9.69 Å². The fourth-order valence-corrected chi connectivity index (χ4v) is 4.52. The largest absolute Gasteiger partial charge is 0.410 e. The van der Waals surface area contributed by atoms with E-state index < -0.39 is 0 Å². The number of hydrogen-bond acceptors (Lipinski definition) is 6. The molecular formula is C23H31N5O2. The van der Waals surface area contributed by atoms with E-state index in [1.807, 2.05) is 20.8 Å². The maximum atomic E-state index is 13.0. The van der Waals surface area contributed by atoms with Crippen LogP contribution in [0.4, 0.5) is 17.5 Å². The van der Waals surface area contributed by atoms with Gasteiger partial charge in [0, 0.05) is 18.3 Å². The third kappa shape index (κ3) is 3.42. The topological polar surface area (TPSA) is 81.9 Å². The standard InChI is InChI=1S/C23H31N5O2/c1-8-17(9-2)28-21-18(19(26-30)22(28)29)16(7)24-23(25-21)27(10-3)20-14(5)11-13(4)12-15(20)6/h11-12,17,30H,8-10H2,1-7H3. The Kier molecular flexibility index (Phi) is 6.10. The van der Waals surface area contributed by atoms with Crippen molar-refractivity contribution < 1.29 is 10.0 Å².